The summed E-state index contributed by atoms with van der Waals surface area (Å²) in [5, 5.41) is 2.52. The van der Waals surface area contributed by atoms with E-state index in [0.29, 0.717) is 17.7 Å². The summed E-state index contributed by atoms with van der Waals surface area (Å²) in [6.45, 7) is 2.08. The van der Waals surface area contributed by atoms with E-state index < -0.39 is 39.5 Å². The van der Waals surface area contributed by atoms with E-state index in [2.05, 4.69) is 10.0 Å². The van der Waals surface area contributed by atoms with Crippen LogP contribution in [0.5, 0.6) is 0 Å². The Bertz CT molecular complexity index is 1380. The SMILES string of the molecule is Cc1cc(C(F)(C(F)(F)F)C(F)(F)F)cc(C)c1NS(=O)(=O)c1cccc(NC(=O)c2ccccc2)c1. The van der Waals surface area contributed by atoms with E-state index in [1.165, 1.54) is 30.3 Å². The molecule has 0 saturated carbocycles. The molecule has 0 radical (unpaired) electrons. The van der Waals surface area contributed by atoms with Gasteiger partial charge in [0.15, 0.2) is 0 Å². The van der Waals surface area contributed by atoms with Gasteiger partial charge in [-0.15, -0.1) is 0 Å². The monoisotopic (exact) mass is 548 g/mol. The molecule has 0 spiro atoms. The van der Waals surface area contributed by atoms with Crippen LogP contribution in [-0.4, -0.2) is 26.7 Å². The smallest absolute Gasteiger partial charge is 0.322 e. The third kappa shape index (κ3) is 5.55. The summed E-state index contributed by atoms with van der Waals surface area (Å²) in [6, 6.07) is 13.6. The van der Waals surface area contributed by atoms with E-state index in [9.17, 15) is 43.9 Å². The molecule has 0 aliphatic rings. The second kappa shape index (κ2) is 9.69. The lowest BCUT2D eigenvalue weighted by molar-refractivity contribution is -0.348. The molecule has 0 unspecified atom stereocenters. The molecule has 3 rings (SSSR count). The fourth-order valence-corrected chi connectivity index (χ4v) is 4.79. The molecule has 0 bridgehead atoms. The topological polar surface area (TPSA) is 75.3 Å². The molecule has 3 aromatic carbocycles. The van der Waals surface area contributed by atoms with Gasteiger partial charge < -0.3 is 5.32 Å². The van der Waals surface area contributed by atoms with E-state index >= 15 is 0 Å². The van der Waals surface area contributed by atoms with Crippen LogP contribution in [0.25, 0.3) is 0 Å². The second-order valence-electron chi connectivity index (χ2n) is 8.09. The molecule has 0 aromatic heterocycles. The molecule has 0 fully saturated rings. The predicted octanol–water partition coefficient (Wildman–Crippen LogP) is 6.65. The number of rotatable bonds is 6. The number of benzene rings is 3. The maximum atomic E-state index is 14.5. The molecule has 0 aliphatic heterocycles. The number of halogens is 7. The van der Waals surface area contributed by atoms with E-state index in [1.807, 2.05) is 0 Å². The van der Waals surface area contributed by atoms with Crippen molar-refractivity contribution in [2.45, 2.75) is 36.8 Å². The van der Waals surface area contributed by atoms with Crippen LogP contribution in [0.2, 0.25) is 0 Å². The van der Waals surface area contributed by atoms with Gasteiger partial charge in [0.25, 0.3) is 15.9 Å². The van der Waals surface area contributed by atoms with Crippen LogP contribution in [-0.2, 0) is 15.7 Å². The van der Waals surface area contributed by atoms with Gasteiger partial charge in [-0.05, 0) is 55.3 Å². The minimum atomic E-state index is -6.31. The molecule has 13 heteroatoms. The first-order valence-corrected chi connectivity index (χ1v) is 11.9. The average Bonchev–Trinajstić information content (AvgIpc) is 2.80. The highest BCUT2D eigenvalue weighted by molar-refractivity contribution is 7.92. The van der Waals surface area contributed by atoms with Gasteiger partial charge >= 0.3 is 18.0 Å². The minimum Gasteiger partial charge on any atom is -0.322 e. The number of carbonyl (C=O) groups excluding carboxylic acids is 1. The molecule has 0 saturated heterocycles. The van der Waals surface area contributed by atoms with Crippen LogP contribution in [0.4, 0.5) is 42.1 Å². The number of anilines is 2. The highest BCUT2D eigenvalue weighted by Gasteiger charge is 2.73. The highest BCUT2D eigenvalue weighted by Crippen LogP contribution is 2.53. The number of alkyl halides is 7. The van der Waals surface area contributed by atoms with Crippen LogP contribution < -0.4 is 10.0 Å². The number of amides is 1. The Morgan fingerprint density at radius 3 is 1.81 bits per heavy atom. The normalized spacial score (nSPS) is 12.8. The quantitative estimate of drug-likeness (QED) is 0.339. The van der Waals surface area contributed by atoms with Gasteiger partial charge in [0, 0.05) is 16.8 Å². The molecule has 0 atom stereocenters. The zero-order chi connectivity index (χ0) is 27.8. The van der Waals surface area contributed by atoms with Gasteiger partial charge in [0.05, 0.1) is 10.6 Å². The Balaban J connectivity index is 1.94. The summed E-state index contributed by atoms with van der Waals surface area (Å²) in [5.74, 6) is -0.519. The summed E-state index contributed by atoms with van der Waals surface area (Å²) in [4.78, 5) is 12.0. The maximum absolute atomic E-state index is 14.5. The van der Waals surface area contributed by atoms with Gasteiger partial charge in [-0.25, -0.2) is 12.8 Å². The fourth-order valence-electron chi connectivity index (χ4n) is 3.54. The molecule has 1 amide bonds. The van der Waals surface area contributed by atoms with Crippen LogP contribution in [0.3, 0.4) is 0 Å². The molecule has 0 heterocycles. The van der Waals surface area contributed by atoms with Crippen molar-refractivity contribution in [1.29, 1.82) is 0 Å². The van der Waals surface area contributed by atoms with Gasteiger partial charge in [0.1, 0.15) is 0 Å². The van der Waals surface area contributed by atoms with E-state index in [1.54, 1.807) is 18.2 Å². The molecule has 0 aliphatic carbocycles. The Morgan fingerprint density at radius 1 is 0.757 bits per heavy atom. The molecule has 3 aromatic rings. The summed E-state index contributed by atoms with van der Waals surface area (Å²) in [6.07, 6.45) is -12.6. The van der Waals surface area contributed by atoms with Crippen molar-refractivity contribution in [1.82, 2.24) is 0 Å². The van der Waals surface area contributed by atoms with E-state index in [4.69, 9.17) is 0 Å². The van der Waals surface area contributed by atoms with Crippen LogP contribution in [0.15, 0.2) is 71.6 Å². The lowest BCUT2D eigenvalue weighted by atomic mass is 9.90. The van der Waals surface area contributed by atoms with Crippen LogP contribution >= 0.6 is 0 Å². The zero-order valence-electron chi connectivity index (χ0n) is 19.1. The number of hydrogen-bond donors (Lipinski definition) is 2. The Kier molecular flexibility index (Phi) is 7.32. The third-order valence-corrected chi connectivity index (χ3v) is 6.73. The van der Waals surface area contributed by atoms with Crippen molar-refractivity contribution in [3.8, 4) is 0 Å². The van der Waals surface area contributed by atoms with Crippen molar-refractivity contribution < 1.29 is 43.9 Å². The molecule has 37 heavy (non-hydrogen) atoms. The van der Waals surface area contributed by atoms with Crippen molar-refractivity contribution >= 4 is 27.3 Å². The molecule has 2 N–H and O–H groups in total. The second-order valence-corrected chi connectivity index (χ2v) is 9.77. The van der Waals surface area contributed by atoms with Crippen molar-refractivity contribution in [3.63, 3.8) is 0 Å². The molecule has 198 valence electrons. The largest absolute Gasteiger partial charge is 0.435 e. The van der Waals surface area contributed by atoms with Gasteiger partial charge in [0.2, 0.25) is 0 Å². The van der Waals surface area contributed by atoms with Gasteiger partial charge in [-0.1, -0.05) is 36.4 Å². The third-order valence-electron chi connectivity index (χ3n) is 5.39. The van der Waals surface area contributed by atoms with Crippen molar-refractivity contribution in [2.24, 2.45) is 0 Å². The molecule has 5 nitrogen and oxygen atoms in total. The number of nitrogens with one attached hydrogen (secondary N) is 2. The Morgan fingerprint density at radius 2 is 1.30 bits per heavy atom. The summed E-state index contributed by atoms with van der Waals surface area (Å²) in [5.41, 5.74) is -8.03. The number of hydrogen-bond acceptors (Lipinski definition) is 3. The number of carbonyl (C=O) groups is 1. The maximum Gasteiger partial charge on any atom is 0.435 e. The van der Waals surface area contributed by atoms with E-state index in [0.717, 1.165) is 19.9 Å². The highest BCUT2D eigenvalue weighted by atomic mass is 32.2. The Labute approximate surface area is 207 Å². The summed E-state index contributed by atoms with van der Waals surface area (Å²) in [7, 11) is -4.43. The van der Waals surface area contributed by atoms with Crippen LogP contribution in [0, 0.1) is 13.8 Å². The summed E-state index contributed by atoms with van der Waals surface area (Å²) < 4.78 is 121. The standard InChI is InChI=1S/C24H19F7N2O3S/c1-14-11-17(22(25,23(26,27)28)24(29,30)31)12-15(2)20(14)33-37(35,36)19-10-6-9-18(13-19)32-21(34)16-7-4-3-5-8-16/h3-13,33H,1-2H3,(H,32,34). The minimum absolute atomic E-state index is 0.109. The van der Waals surface area contributed by atoms with Gasteiger partial charge in [-0.2, -0.15) is 26.3 Å². The first-order valence-electron chi connectivity index (χ1n) is 10.4. The van der Waals surface area contributed by atoms with Crippen LogP contribution in [0.1, 0.15) is 27.0 Å². The first kappa shape index (κ1) is 28.0. The van der Waals surface area contributed by atoms with Crippen molar-refractivity contribution in [2.75, 3.05) is 10.0 Å². The first-order chi connectivity index (χ1) is 17.0. The number of aryl methyl sites for hydroxylation is 2. The molecular formula is C24H19F7N2O3S. The zero-order valence-corrected chi connectivity index (χ0v) is 19.9. The predicted molar refractivity (Wildman–Crippen MR) is 122 cm³/mol. The van der Waals surface area contributed by atoms with E-state index in [-0.39, 0.29) is 27.4 Å². The average molecular weight is 548 g/mol. The summed E-state index contributed by atoms with van der Waals surface area (Å²) >= 11 is 0. The van der Waals surface area contributed by atoms with Crippen molar-refractivity contribution in [3.05, 3.63) is 89.0 Å². The lowest BCUT2D eigenvalue weighted by Crippen LogP contribution is -2.50. The molecular weight excluding hydrogens is 529 g/mol. The fraction of sp³-hybridized carbons (Fsp3) is 0.208. The Hall–Kier alpha value is -3.61. The number of sulfonamides is 1. The lowest BCUT2D eigenvalue weighted by Gasteiger charge is -2.31. The van der Waals surface area contributed by atoms with Gasteiger partial charge in [-0.3, -0.25) is 9.52 Å².